The molecule has 2 saturated heterocycles. The van der Waals surface area contributed by atoms with Crippen LogP contribution < -0.4 is 5.73 Å². The molecular formula is C10H18N2O2. The first-order valence-corrected chi connectivity index (χ1v) is 5.40. The van der Waals surface area contributed by atoms with Crippen molar-refractivity contribution in [2.24, 2.45) is 5.73 Å². The fraction of sp³-hybridized carbons (Fsp3) is 0.900. The molecule has 80 valence electrons. The van der Waals surface area contributed by atoms with Crippen molar-refractivity contribution in [3.05, 3.63) is 0 Å². The Bertz CT molecular complexity index is 220. The van der Waals surface area contributed by atoms with Gasteiger partial charge in [0.2, 0.25) is 5.91 Å². The number of likely N-dealkylation sites (tertiary alicyclic amines) is 1. The molecule has 1 amide bonds. The number of ether oxygens (including phenoxy) is 1. The third kappa shape index (κ3) is 1.77. The predicted molar refractivity (Wildman–Crippen MR) is 52.7 cm³/mol. The first-order chi connectivity index (χ1) is 6.70. The van der Waals surface area contributed by atoms with Crippen LogP contribution in [0.5, 0.6) is 0 Å². The molecular weight excluding hydrogens is 180 g/mol. The number of amides is 1. The average molecular weight is 198 g/mol. The quantitative estimate of drug-likeness (QED) is 0.685. The van der Waals surface area contributed by atoms with Crippen LogP contribution in [0.2, 0.25) is 0 Å². The maximum absolute atomic E-state index is 11.8. The second-order valence-corrected chi connectivity index (χ2v) is 4.22. The third-order valence-corrected chi connectivity index (χ3v) is 3.11. The van der Waals surface area contributed by atoms with Gasteiger partial charge in [0.05, 0.1) is 18.2 Å². The van der Waals surface area contributed by atoms with Crippen LogP contribution in [0.1, 0.15) is 26.2 Å². The molecule has 3 atom stereocenters. The Hall–Kier alpha value is -0.610. The van der Waals surface area contributed by atoms with E-state index in [4.69, 9.17) is 10.5 Å². The molecule has 3 unspecified atom stereocenters. The van der Waals surface area contributed by atoms with Gasteiger partial charge < -0.3 is 15.4 Å². The lowest BCUT2D eigenvalue weighted by atomic mass is 10.2. The normalized spacial score (nSPS) is 33.1. The zero-order valence-electron chi connectivity index (χ0n) is 8.61. The molecule has 2 N–H and O–H groups in total. The lowest BCUT2D eigenvalue weighted by Crippen LogP contribution is -2.51. The lowest BCUT2D eigenvalue weighted by Gasteiger charge is -2.33. The van der Waals surface area contributed by atoms with E-state index in [1.165, 1.54) is 0 Å². The molecule has 0 aromatic carbocycles. The standard InChI is InChI=1S/C10H18N2O2/c1-2-9(11)10(13)12-5-7-3-4-8(6-12)14-7/h7-9H,2-6,11H2,1H3. The van der Waals surface area contributed by atoms with Crippen molar-refractivity contribution in [2.75, 3.05) is 13.1 Å². The molecule has 0 saturated carbocycles. The van der Waals surface area contributed by atoms with Crippen LogP contribution in [0.15, 0.2) is 0 Å². The summed E-state index contributed by atoms with van der Waals surface area (Å²) < 4.78 is 5.66. The van der Waals surface area contributed by atoms with Crippen LogP contribution in [-0.4, -0.2) is 42.1 Å². The van der Waals surface area contributed by atoms with E-state index < -0.39 is 0 Å². The molecule has 0 spiro atoms. The number of morpholine rings is 1. The first kappa shape index (κ1) is 9.93. The smallest absolute Gasteiger partial charge is 0.239 e. The van der Waals surface area contributed by atoms with E-state index in [-0.39, 0.29) is 24.2 Å². The van der Waals surface area contributed by atoms with Crippen molar-refractivity contribution < 1.29 is 9.53 Å². The maximum Gasteiger partial charge on any atom is 0.239 e. The summed E-state index contributed by atoms with van der Waals surface area (Å²) in [6, 6.07) is -0.326. The third-order valence-electron chi connectivity index (χ3n) is 3.11. The fourth-order valence-corrected chi connectivity index (χ4v) is 2.20. The molecule has 4 heteroatoms. The molecule has 0 aromatic rings. The van der Waals surface area contributed by atoms with Gasteiger partial charge in [0.1, 0.15) is 0 Å². The highest BCUT2D eigenvalue weighted by Gasteiger charge is 2.36. The highest BCUT2D eigenvalue weighted by molar-refractivity contribution is 5.81. The Morgan fingerprint density at radius 3 is 2.57 bits per heavy atom. The van der Waals surface area contributed by atoms with Crippen molar-refractivity contribution in [2.45, 2.75) is 44.4 Å². The molecule has 2 heterocycles. The van der Waals surface area contributed by atoms with Gasteiger partial charge in [-0.1, -0.05) is 6.92 Å². The Kier molecular flexibility index (Phi) is 2.74. The summed E-state index contributed by atoms with van der Waals surface area (Å²) in [6.45, 7) is 3.42. The van der Waals surface area contributed by atoms with Crippen LogP contribution in [0.4, 0.5) is 0 Å². The van der Waals surface area contributed by atoms with E-state index in [1.54, 1.807) is 0 Å². The minimum atomic E-state index is -0.326. The summed E-state index contributed by atoms with van der Waals surface area (Å²) in [7, 11) is 0. The van der Waals surface area contributed by atoms with E-state index >= 15 is 0 Å². The van der Waals surface area contributed by atoms with E-state index in [0.717, 1.165) is 25.9 Å². The maximum atomic E-state index is 11.8. The topological polar surface area (TPSA) is 55.6 Å². The Morgan fingerprint density at radius 1 is 1.50 bits per heavy atom. The molecule has 2 fully saturated rings. The summed E-state index contributed by atoms with van der Waals surface area (Å²) in [6.07, 6.45) is 3.43. The van der Waals surface area contributed by atoms with Crippen LogP contribution in [0.25, 0.3) is 0 Å². The van der Waals surface area contributed by atoms with Gasteiger partial charge in [0.25, 0.3) is 0 Å². The molecule has 4 nitrogen and oxygen atoms in total. The van der Waals surface area contributed by atoms with Gasteiger partial charge in [-0.25, -0.2) is 0 Å². The zero-order valence-corrected chi connectivity index (χ0v) is 8.61. The molecule has 0 aromatic heterocycles. The first-order valence-electron chi connectivity index (χ1n) is 5.40. The van der Waals surface area contributed by atoms with Gasteiger partial charge in [0.15, 0.2) is 0 Å². The highest BCUT2D eigenvalue weighted by atomic mass is 16.5. The summed E-state index contributed by atoms with van der Waals surface area (Å²) >= 11 is 0. The van der Waals surface area contributed by atoms with E-state index in [2.05, 4.69) is 0 Å². The van der Waals surface area contributed by atoms with Crippen molar-refractivity contribution in [3.63, 3.8) is 0 Å². The van der Waals surface area contributed by atoms with Gasteiger partial charge in [-0.3, -0.25) is 4.79 Å². The SMILES string of the molecule is CCC(N)C(=O)N1CC2CCC(C1)O2. The number of carbonyl (C=O) groups excluding carboxylic acids is 1. The summed E-state index contributed by atoms with van der Waals surface area (Å²) in [4.78, 5) is 13.7. The van der Waals surface area contributed by atoms with Crippen LogP contribution >= 0.6 is 0 Å². The molecule has 2 rings (SSSR count). The summed E-state index contributed by atoms with van der Waals surface area (Å²) in [5, 5.41) is 0. The van der Waals surface area contributed by atoms with E-state index in [0.29, 0.717) is 6.42 Å². The Labute approximate surface area is 84.4 Å². The number of fused-ring (bicyclic) bond motifs is 2. The summed E-state index contributed by atoms with van der Waals surface area (Å²) in [5.74, 6) is 0.0905. The molecule has 2 bridgehead atoms. The summed E-state index contributed by atoms with van der Waals surface area (Å²) in [5.41, 5.74) is 5.73. The van der Waals surface area contributed by atoms with Gasteiger partial charge in [-0.15, -0.1) is 0 Å². The van der Waals surface area contributed by atoms with Crippen molar-refractivity contribution in [3.8, 4) is 0 Å². The minimum absolute atomic E-state index is 0.0905. The molecule has 2 aliphatic rings. The number of hydrogen-bond donors (Lipinski definition) is 1. The number of rotatable bonds is 2. The molecule has 0 aliphatic carbocycles. The van der Waals surface area contributed by atoms with Gasteiger partial charge in [-0.05, 0) is 19.3 Å². The minimum Gasteiger partial charge on any atom is -0.371 e. The average Bonchev–Trinajstić information content (AvgIpc) is 2.55. The Balaban J connectivity index is 1.95. The van der Waals surface area contributed by atoms with Crippen LogP contribution in [0, 0.1) is 0 Å². The molecule has 0 radical (unpaired) electrons. The fourth-order valence-electron chi connectivity index (χ4n) is 2.20. The van der Waals surface area contributed by atoms with Crippen LogP contribution in [-0.2, 0) is 9.53 Å². The second kappa shape index (κ2) is 3.87. The van der Waals surface area contributed by atoms with E-state index in [9.17, 15) is 4.79 Å². The highest BCUT2D eigenvalue weighted by Crippen LogP contribution is 2.26. The van der Waals surface area contributed by atoms with Crippen LogP contribution in [0.3, 0.4) is 0 Å². The molecule has 2 aliphatic heterocycles. The molecule has 14 heavy (non-hydrogen) atoms. The van der Waals surface area contributed by atoms with Gasteiger partial charge >= 0.3 is 0 Å². The Morgan fingerprint density at radius 2 is 2.07 bits per heavy atom. The van der Waals surface area contributed by atoms with Gasteiger partial charge in [0, 0.05) is 13.1 Å². The van der Waals surface area contributed by atoms with E-state index in [1.807, 2.05) is 11.8 Å². The van der Waals surface area contributed by atoms with Crippen molar-refractivity contribution in [1.82, 2.24) is 4.90 Å². The lowest BCUT2D eigenvalue weighted by molar-refractivity contribution is -0.141. The number of nitrogens with zero attached hydrogens (tertiary/aromatic N) is 1. The number of carbonyl (C=O) groups is 1. The zero-order chi connectivity index (χ0) is 10.1. The monoisotopic (exact) mass is 198 g/mol. The van der Waals surface area contributed by atoms with Crippen molar-refractivity contribution in [1.29, 1.82) is 0 Å². The van der Waals surface area contributed by atoms with Crippen molar-refractivity contribution >= 4 is 5.91 Å². The van der Waals surface area contributed by atoms with Gasteiger partial charge in [-0.2, -0.15) is 0 Å². The number of hydrogen-bond acceptors (Lipinski definition) is 3. The second-order valence-electron chi connectivity index (χ2n) is 4.22. The predicted octanol–water partition coefficient (Wildman–Crippen LogP) is 0.113. The number of nitrogens with two attached hydrogens (primary N) is 1. The largest absolute Gasteiger partial charge is 0.371 e.